The summed E-state index contributed by atoms with van der Waals surface area (Å²) in [6, 6.07) is 11.1. The van der Waals surface area contributed by atoms with Crippen LogP contribution < -0.4 is 19.7 Å². The number of methoxy groups -OCH3 is 2. The molecular weight excluding hydrogens is 482 g/mol. The standard InChI is InChI=1S/C25H31N5O5S/c1-17-7-6-8-23(18(17)2)29-9-11-30(12-10-29)36(32,33)25-22(16-28(3)27-25)24(31)26-19-13-20(34-4)15-21(14-19)35-5/h6-8,13-16H,9-12H2,1-5H3,(H,26,31). The summed E-state index contributed by atoms with van der Waals surface area (Å²) in [4.78, 5) is 15.3. The number of carbonyl (C=O) groups excluding carboxylic acids is 1. The Morgan fingerprint density at radius 3 is 2.25 bits per heavy atom. The molecule has 0 atom stereocenters. The van der Waals surface area contributed by atoms with Crippen LogP contribution in [-0.4, -0.2) is 68.8 Å². The average molecular weight is 514 g/mol. The van der Waals surface area contributed by atoms with Crippen molar-refractivity contribution < 1.29 is 22.7 Å². The fourth-order valence-electron chi connectivity index (χ4n) is 4.26. The minimum atomic E-state index is -3.99. The first-order valence-corrected chi connectivity index (χ1v) is 13.0. The molecule has 1 aliphatic heterocycles. The molecule has 0 saturated carbocycles. The van der Waals surface area contributed by atoms with Crippen molar-refractivity contribution in [2.75, 3.05) is 50.6 Å². The van der Waals surface area contributed by atoms with Gasteiger partial charge in [-0.2, -0.15) is 9.40 Å². The SMILES string of the molecule is COc1cc(NC(=O)c2cn(C)nc2S(=O)(=O)N2CCN(c3cccc(C)c3C)CC2)cc(OC)c1. The Kier molecular flexibility index (Phi) is 7.23. The Morgan fingerprint density at radius 2 is 1.64 bits per heavy atom. The van der Waals surface area contributed by atoms with E-state index in [-0.39, 0.29) is 10.6 Å². The van der Waals surface area contributed by atoms with Crippen LogP contribution in [0.25, 0.3) is 0 Å². The maximum absolute atomic E-state index is 13.6. The fourth-order valence-corrected chi connectivity index (χ4v) is 5.81. The number of benzene rings is 2. The van der Waals surface area contributed by atoms with Crippen LogP contribution in [0.1, 0.15) is 21.5 Å². The van der Waals surface area contributed by atoms with Gasteiger partial charge in [-0.1, -0.05) is 12.1 Å². The van der Waals surface area contributed by atoms with Gasteiger partial charge in [0.25, 0.3) is 15.9 Å². The predicted molar refractivity (Wildman–Crippen MR) is 138 cm³/mol. The number of nitrogens with zero attached hydrogens (tertiary/aromatic N) is 4. The summed E-state index contributed by atoms with van der Waals surface area (Å²) in [5.74, 6) is 0.391. The minimum absolute atomic E-state index is 0.0313. The van der Waals surface area contributed by atoms with Crippen LogP contribution in [0.4, 0.5) is 11.4 Å². The second-order valence-corrected chi connectivity index (χ2v) is 10.5. The Bertz CT molecular complexity index is 1360. The number of sulfonamides is 1. The minimum Gasteiger partial charge on any atom is -0.497 e. The van der Waals surface area contributed by atoms with E-state index in [1.807, 2.05) is 6.07 Å². The van der Waals surface area contributed by atoms with Crippen molar-refractivity contribution in [3.8, 4) is 11.5 Å². The topological polar surface area (TPSA) is 106 Å². The van der Waals surface area contributed by atoms with Crippen LogP contribution in [-0.2, 0) is 17.1 Å². The van der Waals surface area contributed by atoms with Crippen LogP contribution in [0.5, 0.6) is 11.5 Å². The summed E-state index contributed by atoms with van der Waals surface area (Å²) in [5, 5.41) is 6.62. The molecule has 3 aromatic rings. The third-order valence-electron chi connectivity index (χ3n) is 6.39. The lowest BCUT2D eigenvalue weighted by atomic mass is 10.1. The van der Waals surface area contributed by atoms with E-state index in [0.29, 0.717) is 43.4 Å². The fraction of sp³-hybridized carbons (Fsp3) is 0.360. The largest absolute Gasteiger partial charge is 0.497 e. The number of rotatable bonds is 7. The molecule has 0 aliphatic carbocycles. The van der Waals surface area contributed by atoms with Gasteiger partial charge in [-0.05, 0) is 31.0 Å². The summed E-state index contributed by atoms with van der Waals surface area (Å²) in [6.07, 6.45) is 1.41. The van der Waals surface area contributed by atoms with E-state index in [1.54, 1.807) is 25.2 Å². The number of ether oxygens (including phenoxy) is 2. The highest BCUT2D eigenvalue weighted by Gasteiger charge is 2.35. The van der Waals surface area contributed by atoms with Gasteiger partial charge in [-0.3, -0.25) is 9.48 Å². The number of hydrogen-bond donors (Lipinski definition) is 1. The summed E-state index contributed by atoms with van der Waals surface area (Å²) >= 11 is 0. The molecule has 1 saturated heterocycles. The van der Waals surface area contributed by atoms with Crippen LogP contribution in [0.15, 0.2) is 47.6 Å². The van der Waals surface area contributed by atoms with E-state index in [2.05, 4.69) is 41.3 Å². The van der Waals surface area contributed by atoms with Crippen molar-refractivity contribution in [1.29, 1.82) is 0 Å². The van der Waals surface area contributed by atoms with Gasteiger partial charge in [-0.15, -0.1) is 0 Å². The van der Waals surface area contributed by atoms with Crippen molar-refractivity contribution in [3.63, 3.8) is 0 Å². The second-order valence-electron chi connectivity index (χ2n) is 8.69. The molecule has 1 aromatic heterocycles. The third-order valence-corrected chi connectivity index (χ3v) is 8.22. The molecule has 0 radical (unpaired) electrons. The zero-order valence-corrected chi connectivity index (χ0v) is 21.9. The van der Waals surface area contributed by atoms with Gasteiger partial charge in [0.05, 0.1) is 19.8 Å². The lowest BCUT2D eigenvalue weighted by Gasteiger charge is -2.36. The molecule has 192 valence electrons. The first-order valence-electron chi connectivity index (χ1n) is 11.5. The molecule has 10 nitrogen and oxygen atoms in total. The number of carbonyl (C=O) groups is 1. The van der Waals surface area contributed by atoms with Crippen LogP contribution in [0, 0.1) is 13.8 Å². The Morgan fingerprint density at radius 1 is 1.00 bits per heavy atom. The van der Waals surface area contributed by atoms with Crippen molar-refractivity contribution in [1.82, 2.24) is 14.1 Å². The smallest absolute Gasteiger partial charge is 0.263 e. The molecule has 36 heavy (non-hydrogen) atoms. The van der Waals surface area contributed by atoms with E-state index >= 15 is 0 Å². The van der Waals surface area contributed by atoms with Crippen molar-refractivity contribution in [3.05, 3.63) is 59.3 Å². The van der Waals surface area contributed by atoms with Gasteiger partial charge >= 0.3 is 0 Å². The molecule has 2 heterocycles. The highest BCUT2D eigenvalue weighted by molar-refractivity contribution is 7.89. The molecule has 1 aliphatic rings. The molecule has 4 rings (SSSR count). The molecule has 11 heteroatoms. The molecule has 2 aromatic carbocycles. The van der Waals surface area contributed by atoms with Crippen LogP contribution in [0.3, 0.4) is 0 Å². The van der Waals surface area contributed by atoms with Crippen molar-refractivity contribution >= 4 is 27.3 Å². The Labute approximate surface area is 211 Å². The monoisotopic (exact) mass is 513 g/mol. The van der Waals surface area contributed by atoms with E-state index < -0.39 is 15.9 Å². The Hall–Kier alpha value is -3.57. The van der Waals surface area contributed by atoms with E-state index in [0.717, 1.165) is 5.69 Å². The number of aromatic nitrogens is 2. The molecule has 0 bridgehead atoms. The summed E-state index contributed by atoms with van der Waals surface area (Å²) in [6.45, 7) is 5.81. The molecule has 1 fully saturated rings. The zero-order chi connectivity index (χ0) is 26.0. The molecule has 1 amide bonds. The number of piperazine rings is 1. The third kappa shape index (κ3) is 5.02. The second kappa shape index (κ2) is 10.2. The number of aryl methyl sites for hydroxylation is 2. The summed E-state index contributed by atoms with van der Waals surface area (Å²) < 4.78 is 40.3. The maximum atomic E-state index is 13.6. The van der Waals surface area contributed by atoms with Crippen molar-refractivity contribution in [2.45, 2.75) is 18.9 Å². The average Bonchev–Trinajstić information content (AvgIpc) is 3.28. The van der Waals surface area contributed by atoms with Crippen LogP contribution in [0.2, 0.25) is 0 Å². The van der Waals surface area contributed by atoms with E-state index in [1.165, 1.54) is 40.5 Å². The molecule has 1 N–H and O–H groups in total. The number of nitrogens with one attached hydrogen (secondary N) is 1. The lowest BCUT2D eigenvalue weighted by molar-refractivity contribution is 0.102. The van der Waals surface area contributed by atoms with Gasteiger partial charge in [0.15, 0.2) is 0 Å². The number of amides is 1. The number of anilines is 2. The lowest BCUT2D eigenvalue weighted by Crippen LogP contribution is -2.49. The predicted octanol–water partition coefficient (Wildman–Crippen LogP) is 2.82. The Balaban J connectivity index is 1.54. The first-order chi connectivity index (χ1) is 17.1. The van der Waals surface area contributed by atoms with Crippen LogP contribution >= 0.6 is 0 Å². The summed E-state index contributed by atoms with van der Waals surface area (Å²) in [5.41, 5.74) is 3.87. The summed E-state index contributed by atoms with van der Waals surface area (Å²) in [7, 11) is 0.604. The van der Waals surface area contributed by atoms with E-state index in [4.69, 9.17) is 9.47 Å². The van der Waals surface area contributed by atoms with Gasteiger partial charge < -0.3 is 19.7 Å². The maximum Gasteiger partial charge on any atom is 0.263 e. The van der Waals surface area contributed by atoms with Gasteiger partial charge in [0, 0.05) is 69.0 Å². The highest BCUT2D eigenvalue weighted by Crippen LogP contribution is 2.28. The highest BCUT2D eigenvalue weighted by atomic mass is 32.2. The van der Waals surface area contributed by atoms with Gasteiger partial charge in [0.2, 0.25) is 5.03 Å². The zero-order valence-electron chi connectivity index (χ0n) is 21.1. The first kappa shape index (κ1) is 25.5. The van der Waals surface area contributed by atoms with Crippen molar-refractivity contribution in [2.24, 2.45) is 7.05 Å². The normalized spacial score (nSPS) is 14.5. The quantitative estimate of drug-likeness (QED) is 0.518. The number of hydrogen-bond acceptors (Lipinski definition) is 7. The molecular formula is C25H31N5O5S. The molecule has 0 unspecified atom stereocenters. The van der Waals surface area contributed by atoms with Gasteiger partial charge in [-0.25, -0.2) is 8.42 Å². The van der Waals surface area contributed by atoms with E-state index in [9.17, 15) is 13.2 Å². The molecule has 0 spiro atoms. The van der Waals surface area contributed by atoms with Gasteiger partial charge in [0.1, 0.15) is 11.5 Å².